The van der Waals surface area contributed by atoms with Crippen LogP contribution in [0.4, 0.5) is 0 Å². The fourth-order valence-corrected chi connectivity index (χ4v) is 3.87. The van der Waals surface area contributed by atoms with Gasteiger partial charge in [0, 0.05) is 21.7 Å². The molecule has 0 radical (unpaired) electrons. The van der Waals surface area contributed by atoms with Crippen LogP contribution in [-0.4, -0.2) is 11.3 Å². The highest BCUT2D eigenvalue weighted by atomic mass is 32.2. The van der Waals surface area contributed by atoms with Crippen LogP contribution in [0.1, 0.15) is 26.5 Å². The number of rotatable bonds is 5. The standard InChI is InChI=1S/C19H15NOS2/c1-14-12-16(8-10-20-14)3-2-15-4-6-17(7-5-15)23-18-9-11-22-19(18)13-21/h2-13H,1H3/b3-2+. The number of hydrogen-bond acceptors (Lipinski definition) is 4. The van der Waals surface area contributed by atoms with Crippen molar-refractivity contribution in [3.63, 3.8) is 0 Å². The second-order valence-electron chi connectivity index (χ2n) is 5.00. The normalized spacial score (nSPS) is 11.0. The molecule has 0 aliphatic heterocycles. The first kappa shape index (κ1) is 15.7. The van der Waals surface area contributed by atoms with Crippen LogP contribution in [0.3, 0.4) is 0 Å². The van der Waals surface area contributed by atoms with Crippen molar-refractivity contribution in [1.82, 2.24) is 4.98 Å². The average Bonchev–Trinajstić information content (AvgIpc) is 3.01. The van der Waals surface area contributed by atoms with E-state index in [4.69, 9.17) is 0 Å². The Balaban J connectivity index is 1.71. The van der Waals surface area contributed by atoms with Crippen molar-refractivity contribution in [3.8, 4) is 0 Å². The van der Waals surface area contributed by atoms with Gasteiger partial charge in [-0.05, 0) is 53.8 Å². The third kappa shape index (κ3) is 4.18. The smallest absolute Gasteiger partial charge is 0.161 e. The Hall–Kier alpha value is -2.17. The van der Waals surface area contributed by atoms with Gasteiger partial charge in [-0.25, -0.2) is 0 Å². The topological polar surface area (TPSA) is 30.0 Å². The zero-order valence-electron chi connectivity index (χ0n) is 12.6. The van der Waals surface area contributed by atoms with Crippen LogP contribution in [0, 0.1) is 6.92 Å². The third-order valence-corrected chi connectivity index (χ3v) is 5.32. The first-order valence-electron chi connectivity index (χ1n) is 7.16. The Morgan fingerprint density at radius 2 is 1.83 bits per heavy atom. The third-order valence-electron chi connectivity index (χ3n) is 3.26. The molecule has 0 spiro atoms. The Kier molecular flexibility index (Phi) is 5.05. The lowest BCUT2D eigenvalue weighted by Gasteiger charge is -2.01. The fourth-order valence-electron chi connectivity index (χ4n) is 2.12. The van der Waals surface area contributed by atoms with Gasteiger partial charge in [-0.15, -0.1) is 11.3 Å². The summed E-state index contributed by atoms with van der Waals surface area (Å²) in [6.45, 7) is 1.99. The first-order chi connectivity index (χ1) is 11.2. The molecule has 0 aliphatic carbocycles. The molecule has 0 atom stereocenters. The lowest BCUT2D eigenvalue weighted by molar-refractivity contribution is 0.112. The second-order valence-corrected chi connectivity index (χ2v) is 7.06. The molecule has 0 aliphatic rings. The molecule has 2 heterocycles. The molecule has 0 saturated heterocycles. The van der Waals surface area contributed by atoms with E-state index in [-0.39, 0.29) is 0 Å². The Morgan fingerprint density at radius 1 is 1.04 bits per heavy atom. The van der Waals surface area contributed by atoms with E-state index in [0.717, 1.165) is 37.8 Å². The minimum Gasteiger partial charge on any atom is -0.297 e. The van der Waals surface area contributed by atoms with E-state index in [0.29, 0.717) is 0 Å². The van der Waals surface area contributed by atoms with Gasteiger partial charge in [-0.1, -0.05) is 36.0 Å². The average molecular weight is 337 g/mol. The summed E-state index contributed by atoms with van der Waals surface area (Å²) >= 11 is 3.09. The SMILES string of the molecule is Cc1cc(/C=C/c2ccc(Sc3ccsc3C=O)cc2)ccn1. The fraction of sp³-hybridized carbons (Fsp3) is 0.0526. The Labute approximate surface area is 143 Å². The summed E-state index contributed by atoms with van der Waals surface area (Å²) in [5.41, 5.74) is 3.30. The quantitative estimate of drug-likeness (QED) is 0.569. The molecular weight excluding hydrogens is 322 g/mol. The van der Waals surface area contributed by atoms with Crippen molar-refractivity contribution in [2.45, 2.75) is 16.7 Å². The monoisotopic (exact) mass is 337 g/mol. The van der Waals surface area contributed by atoms with Crippen LogP contribution in [0.25, 0.3) is 12.2 Å². The van der Waals surface area contributed by atoms with Crippen molar-refractivity contribution in [2.75, 3.05) is 0 Å². The number of hydrogen-bond donors (Lipinski definition) is 0. The van der Waals surface area contributed by atoms with E-state index in [1.54, 1.807) is 11.8 Å². The van der Waals surface area contributed by atoms with Gasteiger partial charge in [0.2, 0.25) is 0 Å². The van der Waals surface area contributed by atoms with E-state index < -0.39 is 0 Å². The predicted molar refractivity (Wildman–Crippen MR) is 98.2 cm³/mol. The van der Waals surface area contributed by atoms with Crippen LogP contribution < -0.4 is 0 Å². The molecule has 0 fully saturated rings. The van der Waals surface area contributed by atoms with Crippen LogP contribution in [-0.2, 0) is 0 Å². The highest BCUT2D eigenvalue weighted by Crippen LogP contribution is 2.32. The van der Waals surface area contributed by atoms with Crippen molar-refractivity contribution < 1.29 is 4.79 Å². The molecule has 0 N–H and O–H groups in total. The predicted octanol–water partition coefficient (Wildman–Crippen LogP) is 5.59. The molecule has 3 aromatic rings. The lowest BCUT2D eigenvalue weighted by atomic mass is 10.1. The molecule has 114 valence electrons. The molecular formula is C19H15NOS2. The number of aryl methyl sites for hydroxylation is 1. The lowest BCUT2D eigenvalue weighted by Crippen LogP contribution is -1.80. The molecule has 0 amide bonds. The summed E-state index contributed by atoms with van der Waals surface area (Å²) in [6, 6.07) is 14.4. The number of aromatic nitrogens is 1. The summed E-state index contributed by atoms with van der Waals surface area (Å²) < 4.78 is 0. The summed E-state index contributed by atoms with van der Waals surface area (Å²) in [6.07, 6.45) is 6.91. The summed E-state index contributed by atoms with van der Waals surface area (Å²) in [7, 11) is 0. The van der Waals surface area contributed by atoms with E-state index in [1.165, 1.54) is 11.3 Å². The highest BCUT2D eigenvalue weighted by molar-refractivity contribution is 7.99. The molecule has 23 heavy (non-hydrogen) atoms. The molecule has 0 saturated carbocycles. The highest BCUT2D eigenvalue weighted by Gasteiger charge is 2.04. The van der Waals surface area contributed by atoms with Crippen LogP contribution in [0.15, 0.2) is 63.8 Å². The number of pyridine rings is 1. The number of benzene rings is 1. The Morgan fingerprint density at radius 3 is 2.57 bits per heavy atom. The van der Waals surface area contributed by atoms with Crippen molar-refractivity contribution in [3.05, 3.63) is 75.7 Å². The zero-order chi connectivity index (χ0) is 16.1. The Bertz CT molecular complexity index is 835. The van der Waals surface area contributed by atoms with E-state index in [1.807, 2.05) is 30.6 Å². The molecule has 0 unspecified atom stereocenters. The zero-order valence-corrected chi connectivity index (χ0v) is 14.2. The molecule has 4 heteroatoms. The molecule has 2 nitrogen and oxygen atoms in total. The minimum atomic E-state index is 0.784. The maximum Gasteiger partial charge on any atom is 0.161 e. The van der Waals surface area contributed by atoms with Crippen LogP contribution in [0.5, 0.6) is 0 Å². The largest absolute Gasteiger partial charge is 0.297 e. The van der Waals surface area contributed by atoms with Crippen molar-refractivity contribution in [2.24, 2.45) is 0 Å². The van der Waals surface area contributed by atoms with Gasteiger partial charge in [0.15, 0.2) is 6.29 Å². The number of aldehydes is 1. The van der Waals surface area contributed by atoms with Crippen molar-refractivity contribution >= 4 is 41.5 Å². The van der Waals surface area contributed by atoms with Gasteiger partial charge in [-0.3, -0.25) is 9.78 Å². The van der Waals surface area contributed by atoms with Crippen molar-refractivity contribution in [1.29, 1.82) is 0 Å². The summed E-state index contributed by atoms with van der Waals surface area (Å²) in [4.78, 5) is 18.1. The van der Waals surface area contributed by atoms with Gasteiger partial charge < -0.3 is 0 Å². The summed E-state index contributed by atoms with van der Waals surface area (Å²) in [5.74, 6) is 0. The number of carbonyl (C=O) groups excluding carboxylic acids is 1. The number of thiophene rings is 1. The molecule has 2 aromatic heterocycles. The maximum atomic E-state index is 11.0. The van der Waals surface area contributed by atoms with E-state index >= 15 is 0 Å². The van der Waals surface area contributed by atoms with Gasteiger partial charge in [-0.2, -0.15) is 0 Å². The van der Waals surface area contributed by atoms with Gasteiger partial charge in [0.25, 0.3) is 0 Å². The second kappa shape index (κ2) is 7.40. The van der Waals surface area contributed by atoms with E-state index in [9.17, 15) is 4.79 Å². The minimum absolute atomic E-state index is 0.784. The maximum absolute atomic E-state index is 11.0. The summed E-state index contributed by atoms with van der Waals surface area (Å²) in [5, 5.41) is 1.94. The van der Waals surface area contributed by atoms with Crippen LogP contribution >= 0.6 is 23.1 Å². The van der Waals surface area contributed by atoms with Gasteiger partial charge in [0.1, 0.15) is 0 Å². The first-order valence-corrected chi connectivity index (χ1v) is 8.85. The van der Waals surface area contributed by atoms with Gasteiger partial charge >= 0.3 is 0 Å². The number of carbonyl (C=O) groups is 1. The van der Waals surface area contributed by atoms with Crippen LogP contribution in [0.2, 0.25) is 0 Å². The molecule has 1 aromatic carbocycles. The van der Waals surface area contributed by atoms with Gasteiger partial charge in [0.05, 0.1) is 4.88 Å². The number of nitrogens with zero attached hydrogens (tertiary/aromatic N) is 1. The van der Waals surface area contributed by atoms with E-state index in [2.05, 4.69) is 47.5 Å². The molecule has 3 rings (SSSR count). The molecule has 0 bridgehead atoms.